The Morgan fingerprint density at radius 1 is 1.12 bits per heavy atom. The van der Waals surface area contributed by atoms with Crippen molar-refractivity contribution in [2.75, 3.05) is 16.8 Å². The molecule has 1 N–H and O–H groups in total. The van der Waals surface area contributed by atoms with Gasteiger partial charge in [-0.15, -0.1) is 11.3 Å². The van der Waals surface area contributed by atoms with Gasteiger partial charge in [-0.2, -0.15) is 0 Å². The second kappa shape index (κ2) is 7.07. The van der Waals surface area contributed by atoms with Crippen molar-refractivity contribution < 1.29 is 4.79 Å². The summed E-state index contributed by atoms with van der Waals surface area (Å²) in [5, 5.41) is 4.89. The van der Waals surface area contributed by atoms with E-state index < -0.39 is 0 Å². The fourth-order valence-electron chi connectivity index (χ4n) is 3.11. The molecule has 25 heavy (non-hydrogen) atoms. The predicted molar refractivity (Wildman–Crippen MR) is 102 cm³/mol. The Balaban J connectivity index is 1.40. The molecule has 2 aromatic heterocycles. The lowest BCUT2D eigenvalue weighted by Gasteiger charge is -2.29. The van der Waals surface area contributed by atoms with Crippen LogP contribution in [0.4, 0.5) is 11.5 Å². The van der Waals surface area contributed by atoms with E-state index in [0.29, 0.717) is 6.42 Å². The molecule has 0 aliphatic carbocycles. The highest BCUT2D eigenvalue weighted by Gasteiger charge is 2.17. The van der Waals surface area contributed by atoms with Crippen molar-refractivity contribution >= 4 is 28.7 Å². The van der Waals surface area contributed by atoms with Crippen molar-refractivity contribution in [1.82, 2.24) is 4.98 Å². The molecule has 0 spiro atoms. The first-order valence-corrected chi connectivity index (χ1v) is 9.26. The molecule has 0 radical (unpaired) electrons. The minimum Gasteiger partial charge on any atom is -0.352 e. The number of nitrogens with one attached hydrogen (secondary N) is 1. The highest BCUT2D eigenvalue weighted by atomic mass is 32.1. The van der Waals surface area contributed by atoms with Gasteiger partial charge in [0.1, 0.15) is 5.82 Å². The van der Waals surface area contributed by atoms with Gasteiger partial charge in [-0.25, -0.2) is 4.98 Å². The van der Waals surface area contributed by atoms with Crippen molar-refractivity contribution in [3.05, 3.63) is 76.1 Å². The van der Waals surface area contributed by atoms with Crippen molar-refractivity contribution in [2.24, 2.45) is 0 Å². The summed E-state index contributed by atoms with van der Waals surface area (Å²) < 4.78 is 0. The molecule has 126 valence electrons. The van der Waals surface area contributed by atoms with Crippen LogP contribution >= 0.6 is 11.3 Å². The molecule has 3 aromatic rings. The largest absolute Gasteiger partial charge is 0.352 e. The lowest BCUT2D eigenvalue weighted by Crippen LogP contribution is -2.30. The molecule has 1 aromatic carbocycles. The number of aromatic nitrogens is 1. The summed E-state index contributed by atoms with van der Waals surface area (Å²) in [7, 11) is 0. The zero-order valence-corrected chi connectivity index (χ0v) is 14.6. The van der Waals surface area contributed by atoms with E-state index in [1.807, 2.05) is 29.6 Å². The number of nitrogens with zero attached hydrogens (tertiary/aromatic N) is 2. The fraction of sp³-hybridized carbons (Fsp3) is 0.200. The van der Waals surface area contributed by atoms with Crippen molar-refractivity contribution in [1.29, 1.82) is 0 Å². The number of pyridine rings is 1. The quantitative estimate of drug-likeness (QED) is 0.777. The Bertz CT molecular complexity index is 859. The van der Waals surface area contributed by atoms with E-state index in [1.54, 1.807) is 17.5 Å². The molecule has 4 rings (SSSR count). The number of fused-ring (bicyclic) bond motifs is 1. The first-order valence-electron chi connectivity index (χ1n) is 8.38. The predicted octanol–water partition coefficient (Wildman–Crippen LogP) is 3.89. The highest BCUT2D eigenvalue weighted by molar-refractivity contribution is 7.10. The van der Waals surface area contributed by atoms with Crippen molar-refractivity contribution in [2.45, 2.75) is 19.4 Å². The first kappa shape index (κ1) is 15.8. The summed E-state index contributed by atoms with van der Waals surface area (Å²) in [6.45, 7) is 1.85. The third-order valence-corrected chi connectivity index (χ3v) is 5.28. The Kier molecular flexibility index (Phi) is 4.48. The van der Waals surface area contributed by atoms with Gasteiger partial charge in [-0.05, 0) is 41.1 Å². The second-order valence-electron chi connectivity index (χ2n) is 6.15. The number of anilines is 2. The second-order valence-corrected chi connectivity index (χ2v) is 7.18. The molecule has 0 bridgehead atoms. The topological polar surface area (TPSA) is 45.2 Å². The van der Waals surface area contributed by atoms with Gasteiger partial charge in [0.25, 0.3) is 0 Å². The van der Waals surface area contributed by atoms with Crippen LogP contribution < -0.4 is 10.2 Å². The number of hydrogen-bond donors (Lipinski definition) is 1. The zero-order chi connectivity index (χ0) is 17.1. The van der Waals surface area contributed by atoms with Crippen LogP contribution in [0.5, 0.6) is 0 Å². The Morgan fingerprint density at radius 2 is 2.00 bits per heavy atom. The number of hydrogen-bond acceptors (Lipinski definition) is 4. The molecule has 1 aliphatic heterocycles. The zero-order valence-electron chi connectivity index (χ0n) is 13.8. The summed E-state index contributed by atoms with van der Waals surface area (Å²) in [5.74, 6) is 0.939. The van der Waals surface area contributed by atoms with Crippen LogP contribution in [-0.4, -0.2) is 17.4 Å². The molecule has 0 saturated carbocycles. The smallest absolute Gasteiger partial charge is 0.229 e. The van der Waals surface area contributed by atoms with E-state index in [4.69, 9.17) is 0 Å². The molecule has 3 heterocycles. The molecule has 0 atom stereocenters. The van der Waals surface area contributed by atoms with E-state index >= 15 is 0 Å². The normalized spacial score (nSPS) is 13.4. The van der Waals surface area contributed by atoms with Gasteiger partial charge in [0.05, 0.1) is 18.3 Å². The Labute approximate surface area is 151 Å². The summed E-state index contributed by atoms with van der Waals surface area (Å²) in [4.78, 5) is 19.9. The molecule has 5 heteroatoms. The molecule has 0 unspecified atom stereocenters. The highest BCUT2D eigenvalue weighted by Crippen LogP contribution is 2.23. The van der Waals surface area contributed by atoms with Crippen LogP contribution in [0.15, 0.2) is 60.1 Å². The molecular weight excluding hydrogens is 330 g/mol. The third kappa shape index (κ3) is 3.72. The van der Waals surface area contributed by atoms with E-state index in [1.165, 1.54) is 11.1 Å². The number of amides is 1. The summed E-state index contributed by atoms with van der Waals surface area (Å²) in [6, 6.07) is 16.4. The van der Waals surface area contributed by atoms with Gasteiger partial charge >= 0.3 is 0 Å². The van der Waals surface area contributed by atoms with Gasteiger partial charge < -0.3 is 10.2 Å². The van der Waals surface area contributed by atoms with Crippen LogP contribution in [0.1, 0.15) is 16.0 Å². The van der Waals surface area contributed by atoms with Crippen LogP contribution in [0.2, 0.25) is 0 Å². The Hall–Kier alpha value is -2.66. The standard InChI is InChI=1S/C20H19N3OS/c24-20(12-18-6-3-11-25-18)22-17-7-8-19(21-13-17)23-10-9-15-4-1-2-5-16(15)14-23/h1-8,11,13H,9-10,12,14H2,(H,22,24). The lowest BCUT2D eigenvalue weighted by molar-refractivity contribution is -0.115. The fourth-order valence-corrected chi connectivity index (χ4v) is 3.82. The van der Waals surface area contributed by atoms with Crippen LogP contribution in [0, 0.1) is 0 Å². The summed E-state index contributed by atoms with van der Waals surface area (Å²) >= 11 is 1.59. The van der Waals surface area contributed by atoms with Gasteiger partial charge in [0.2, 0.25) is 5.91 Å². The van der Waals surface area contributed by atoms with Crippen molar-refractivity contribution in [3.8, 4) is 0 Å². The lowest BCUT2D eigenvalue weighted by atomic mass is 10.00. The van der Waals surface area contributed by atoms with Crippen molar-refractivity contribution in [3.63, 3.8) is 0 Å². The first-order chi connectivity index (χ1) is 12.3. The van der Waals surface area contributed by atoms with Crippen LogP contribution in [0.25, 0.3) is 0 Å². The molecule has 4 nitrogen and oxygen atoms in total. The number of carbonyl (C=O) groups excluding carboxylic acids is 1. The van der Waals surface area contributed by atoms with Gasteiger partial charge in [0, 0.05) is 18.0 Å². The summed E-state index contributed by atoms with van der Waals surface area (Å²) in [5.41, 5.74) is 3.53. The number of rotatable bonds is 4. The maximum absolute atomic E-state index is 12.1. The Morgan fingerprint density at radius 3 is 2.76 bits per heavy atom. The number of carbonyl (C=O) groups is 1. The molecule has 1 aliphatic rings. The van der Waals surface area contributed by atoms with E-state index in [0.717, 1.165) is 35.9 Å². The average molecular weight is 349 g/mol. The molecular formula is C20H19N3OS. The van der Waals surface area contributed by atoms with Gasteiger partial charge in [-0.1, -0.05) is 30.3 Å². The van der Waals surface area contributed by atoms with E-state index in [-0.39, 0.29) is 5.91 Å². The summed E-state index contributed by atoms with van der Waals surface area (Å²) in [6.07, 6.45) is 3.18. The monoisotopic (exact) mass is 349 g/mol. The van der Waals surface area contributed by atoms with Crippen LogP contribution in [-0.2, 0) is 24.2 Å². The number of thiophene rings is 1. The number of benzene rings is 1. The van der Waals surface area contributed by atoms with E-state index in [2.05, 4.69) is 39.5 Å². The molecule has 0 fully saturated rings. The van der Waals surface area contributed by atoms with Gasteiger partial charge in [-0.3, -0.25) is 4.79 Å². The maximum atomic E-state index is 12.1. The molecule has 1 amide bonds. The SMILES string of the molecule is O=C(Cc1cccs1)Nc1ccc(N2CCc3ccccc3C2)nc1. The van der Waals surface area contributed by atoms with E-state index in [9.17, 15) is 4.79 Å². The third-order valence-electron chi connectivity index (χ3n) is 4.40. The molecule has 0 saturated heterocycles. The minimum atomic E-state index is -0.0103. The minimum absolute atomic E-state index is 0.0103. The average Bonchev–Trinajstić information content (AvgIpc) is 3.15. The maximum Gasteiger partial charge on any atom is 0.229 e. The van der Waals surface area contributed by atoms with Gasteiger partial charge in [0.15, 0.2) is 0 Å². The van der Waals surface area contributed by atoms with Crippen LogP contribution in [0.3, 0.4) is 0 Å².